The molecule has 0 aliphatic carbocycles. The third-order valence-corrected chi connectivity index (χ3v) is 4.13. The lowest BCUT2D eigenvalue weighted by Crippen LogP contribution is -2.29. The van der Waals surface area contributed by atoms with Crippen LogP contribution in [0.25, 0.3) is 11.1 Å². The van der Waals surface area contributed by atoms with Crippen molar-refractivity contribution in [2.45, 2.75) is 18.9 Å². The van der Waals surface area contributed by atoms with E-state index in [1.54, 1.807) is 12.3 Å². The van der Waals surface area contributed by atoms with E-state index in [0.29, 0.717) is 25.2 Å². The summed E-state index contributed by atoms with van der Waals surface area (Å²) < 4.78 is 0. The molecule has 0 bridgehead atoms. The zero-order valence-corrected chi connectivity index (χ0v) is 13.1. The number of carbonyl (C=O) groups excluding carboxylic acids is 1. The fraction of sp³-hybridized carbons (Fsp3) is 0.278. The largest absolute Gasteiger partial charge is 0.480 e. The molecule has 6 heteroatoms. The first-order valence-electron chi connectivity index (χ1n) is 7.89. The molecule has 2 atom stereocenters. The number of rotatable bonds is 5. The second-order valence-electron chi connectivity index (χ2n) is 5.95. The van der Waals surface area contributed by atoms with Crippen LogP contribution in [0.1, 0.15) is 12.8 Å². The molecule has 2 unspecified atom stereocenters. The Balaban J connectivity index is 1.54. The van der Waals surface area contributed by atoms with Crippen molar-refractivity contribution in [2.24, 2.45) is 5.92 Å². The molecule has 1 aliphatic rings. The Morgan fingerprint density at radius 1 is 1.17 bits per heavy atom. The van der Waals surface area contributed by atoms with Gasteiger partial charge in [-0.05, 0) is 36.6 Å². The first kappa shape index (κ1) is 16.1. The summed E-state index contributed by atoms with van der Waals surface area (Å²) >= 11 is 0. The van der Waals surface area contributed by atoms with Crippen molar-refractivity contribution in [3.63, 3.8) is 0 Å². The van der Waals surface area contributed by atoms with Crippen molar-refractivity contribution in [2.75, 3.05) is 11.9 Å². The zero-order valence-electron chi connectivity index (χ0n) is 13.1. The summed E-state index contributed by atoms with van der Waals surface area (Å²) in [5.41, 5.74) is 2.05. The zero-order chi connectivity index (χ0) is 16.9. The summed E-state index contributed by atoms with van der Waals surface area (Å²) in [4.78, 5) is 27.2. The van der Waals surface area contributed by atoms with Crippen LogP contribution in [0.3, 0.4) is 0 Å². The summed E-state index contributed by atoms with van der Waals surface area (Å²) in [6.45, 7) is 0.546. The van der Waals surface area contributed by atoms with Gasteiger partial charge in [0.25, 0.3) is 0 Å². The Morgan fingerprint density at radius 3 is 2.58 bits per heavy atom. The molecule has 1 aromatic carbocycles. The van der Waals surface area contributed by atoms with Crippen molar-refractivity contribution in [1.29, 1.82) is 0 Å². The maximum atomic E-state index is 12.1. The molecule has 1 amide bonds. The Kier molecular flexibility index (Phi) is 4.86. The molecule has 1 fully saturated rings. The van der Waals surface area contributed by atoms with Crippen LogP contribution in [-0.4, -0.2) is 34.6 Å². The molecule has 0 spiro atoms. The van der Waals surface area contributed by atoms with Gasteiger partial charge in [-0.15, -0.1) is 0 Å². The number of anilines is 1. The fourth-order valence-corrected chi connectivity index (χ4v) is 2.88. The SMILES string of the molecule is O=C(CC1CNC(C(=O)O)C1)Nc1ccc(-c2ccccc2)cn1. The van der Waals surface area contributed by atoms with Crippen LogP contribution in [0.5, 0.6) is 0 Å². The maximum absolute atomic E-state index is 12.1. The number of carboxylic acid groups (broad SMARTS) is 1. The number of nitrogens with one attached hydrogen (secondary N) is 2. The average molecular weight is 325 g/mol. The summed E-state index contributed by atoms with van der Waals surface area (Å²) in [5.74, 6) is -0.473. The number of hydrogen-bond donors (Lipinski definition) is 3. The lowest BCUT2D eigenvalue weighted by atomic mass is 10.0. The second kappa shape index (κ2) is 7.23. The van der Waals surface area contributed by atoms with Crippen LogP contribution < -0.4 is 10.6 Å². The second-order valence-corrected chi connectivity index (χ2v) is 5.95. The molecule has 0 saturated carbocycles. The molecule has 3 rings (SSSR count). The van der Waals surface area contributed by atoms with E-state index in [2.05, 4.69) is 15.6 Å². The van der Waals surface area contributed by atoms with Gasteiger partial charge in [-0.25, -0.2) is 4.98 Å². The highest BCUT2D eigenvalue weighted by Crippen LogP contribution is 2.20. The van der Waals surface area contributed by atoms with Crippen LogP contribution >= 0.6 is 0 Å². The van der Waals surface area contributed by atoms with E-state index in [1.807, 2.05) is 36.4 Å². The minimum Gasteiger partial charge on any atom is -0.480 e. The normalized spacial score (nSPS) is 19.8. The van der Waals surface area contributed by atoms with Crippen molar-refractivity contribution in [3.05, 3.63) is 48.7 Å². The first-order chi connectivity index (χ1) is 11.6. The Hall–Kier alpha value is -2.73. The highest BCUT2D eigenvalue weighted by Gasteiger charge is 2.30. The lowest BCUT2D eigenvalue weighted by molar-refractivity contribution is -0.139. The van der Waals surface area contributed by atoms with Gasteiger partial charge in [0, 0.05) is 18.2 Å². The van der Waals surface area contributed by atoms with Crippen LogP contribution in [0.4, 0.5) is 5.82 Å². The minimum atomic E-state index is -0.865. The van der Waals surface area contributed by atoms with Crippen LogP contribution in [0.15, 0.2) is 48.7 Å². The number of hydrogen-bond acceptors (Lipinski definition) is 4. The topological polar surface area (TPSA) is 91.3 Å². The summed E-state index contributed by atoms with van der Waals surface area (Å²) in [6.07, 6.45) is 2.49. The van der Waals surface area contributed by atoms with E-state index in [4.69, 9.17) is 5.11 Å². The molecule has 3 N–H and O–H groups in total. The van der Waals surface area contributed by atoms with Gasteiger partial charge in [-0.1, -0.05) is 30.3 Å². The van der Waals surface area contributed by atoms with Crippen molar-refractivity contribution < 1.29 is 14.7 Å². The van der Waals surface area contributed by atoms with Gasteiger partial charge >= 0.3 is 5.97 Å². The number of amides is 1. The van der Waals surface area contributed by atoms with Crippen LogP contribution in [0, 0.1) is 5.92 Å². The number of pyridine rings is 1. The standard InChI is InChI=1S/C18H19N3O3/c22-17(9-12-8-15(18(23)24)19-10-12)21-16-7-6-14(11-20-16)13-4-2-1-3-5-13/h1-7,11-12,15,19H,8-10H2,(H,23,24)(H,20,21,22). The van der Waals surface area contributed by atoms with Gasteiger partial charge in [-0.2, -0.15) is 0 Å². The smallest absolute Gasteiger partial charge is 0.320 e. The molecular weight excluding hydrogens is 306 g/mol. The summed E-state index contributed by atoms with van der Waals surface area (Å²) in [6, 6.07) is 13.0. The molecular formula is C18H19N3O3. The van der Waals surface area contributed by atoms with E-state index in [-0.39, 0.29) is 11.8 Å². The molecule has 1 aromatic heterocycles. The number of aliphatic carboxylic acids is 1. The van der Waals surface area contributed by atoms with E-state index in [0.717, 1.165) is 11.1 Å². The highest BCUT2D eigenvalue weighted by atomic mass is 16.4. The summed E-state index contributed by atoms with van der Waals surface area (Å²) in [7, 11) is 0. The quantitative estimate of drug-likeness (QED) is 0.783. The van der Waals surface area contributed by atoms with E-state index in [1.165, 1.54) is 0 Å². The molecule has 124 valence electrons. The van der Waals surface area contributed by atoms with E-state index < -0.39 is 12.0 Å². The number of benzene rings is 1. The van der Waals surface area contributed by atoms with Gasteiger partial charge in [0.05, 0.1) is 0 Å². The average Bonchev–Trinajstić information content (AvgIpc) is 3.05. The molecule has 1 saturated heterocycles. The van der Waals surface area contributed by atoms with Crippen molar-refractivity contribution >= 4 is 17.7 Å². The first-order valence-corrected chi connectivity index (χ1v) is 7.89. The van der Waals surface area contributed by atoms with Gasteiger partial charge in [0.1, 0.15) is 11.9 Å². The third-order valence-electron chi connectivity index (χ3n) is 4.13. The predicted octanol–water partition coefficient (Wildman–Crippen LogP) is 2.14. The predicted molar refractivity (Wildman–Crippen MR) is 90.5 cm³/mol. The number of carbonyl (C=O) groups is 2. The van der Waals surface area contributed by atoms with Crippen molar-refractivity contribution in [3.8, 4) is 11.1 Å². The lowest BCUT2D eigenvalue weighted by Gasteiger charge is -2.09. The maximum Gasteiger partial charge on any atom is 0.320 e. The molecule has 0 radical (unpaired) electrons. The third kappa shape index (κ3) is 3.97. The Labute approximate surface area is 139 Å². The minimum absolute atomic E-state index is 0.0368. The van der Waals surface area contributed by atoms with E-state index in [9.17, 15) is 9.59 Å². The van der Waals surface area contributed by atoms with E-state index >= 15 is 0 Å². The number of nitrogens with zero attached hydrogens (tertiary/aromatic N) is 1. The number of carboxylic acids is 1. The Bertz CT molecular complexity index is 716. The van der Waals surface area contributed by atoms with Crippen LogP contribution in [0.2, 0.25) is 0 Å². The molecule has 24 heavy (non-hydrogen) atoms. The van der Waals surface area contributed by atoms with Gasteiger partial charge in [0.2, 0.25) is 5.91 Å². The van der Waals surface area contributed by atoms with Gasteiger partial charge < -0.3 is 15.7 Å². The molecule has 2 heterocycles. The molecule has 2 aromatic rings. The van der Waals surface area contributed by atoms with Crippen LogP contribution in [-0.2, 0) is 9.59 Å². The van der Waals surface area contributed by atoms with Gasteiger partial charge in [0.15, 0.2) is 0 Å². The van der Waals surface area contributed by atoms with Gasteiger partial charge in [-0.3, -0.25) is 9.59 Å². The highest BCUT2D eigenvalue weighted by molar-refractivity contribution is 5.90. The molecule has 1 aliphatic heterocycles. The summed E-state index contributed by atoms with van der Waals surface area (Å²) in [5, 5.41) is 14.6. The Morgan fingerprint density at radius 2 is 1.96 bits per heavy atom. The fourth-order valence-electron chi connectivity index (χ4n) is 2.88. The molecule has 6 nitrogen and oxygen atoms in total. The number of aromatic nitrogens is 1. The monoisotopic (exact) mass is 325 g/mol. The van der Waals surface area contributed by atoms with Crippen molar-refractivity contribution in [1.82, 2.24) is 10.3 Å².